The van der Waals surface area contributed by atoms with Crippen LogP contribution in [0.2, 0.25) is 15.3 Å². The maximum atomic E-state index is 11.8. The molecule has 0 unspecified atom stereocenters. The van der Waals surface area contributed by atoms with E-state index in [0.29, 0.717) is 5.02 Å². The predicted molar refractivity (Wildman–Crippen MR) is 74.8 cm³/mol. The van der Waals surface area contributed by atoms with Crippen molar-refractivity contribution in [2.45, 2.75) is 6.61 Å². The molecule has 0 aliphatic heterocycles. The second kappa shape index (κ2) is 6.24. The Morgan fingerprint density at radius 3 is 2.37 bits per heavy atom. The molecule has 2 aromatic rings. The largest absolute Gasteiger partial charge is 0.457 e. The molecular weight excluding hydrogens is 309 g/mol. The number of ether oxygens (including phenoxy) is 1. The summed E-state index contributed by atoms with van der Waals surface area (Å²) in [5.74, 6) is -0.536. The Balaban J connectivity index is 2.08. The van der Waals surface area contributed by atoms with Gasteiger partial charge in [-0.05, 0) is 18.2 Å². The summed E-state index contributed by atoms with van der Waals surface area (Å²) in [5.41, 5.74) is 0.973. The first kappa shape index (κ1) is 14.1. The van der Waals surface area contributed by atoms with Crippen LogP contribution in [-0.4, -0.2) is 11.0 Å². The molecule has 0 N–H and O–H groups in total. The first-order valence-corrected chi connectivity index (χ1v) is 6.43. The fourth-order valence-corrected chi connectivity index (χ4v) is 2.08. The minimum atomic E-state index is -0.536. The number of aromatic nitrogens is 1. The number of carbonyl (C=O) groups is 1. The molecule has 98 valence electrons. The lowest BCUT2D eigenvalue weighted by Gasteiger charge is -2.06. The van der Waals surface area contributed by atoms with Crippen LogP contribution >= 0.6 is 34.8 Å². The lowest BCUT2D eigenvalue weighted by molar-refractivity contribution is 0.0472. The van der Waals surface area contributed by atoms with Gasteiger partial charge in [-0.15, -0.1) is 0 Å². The molecule has 1 heterocycles. The molecular formula is C13H8Cl3NO2. The van der Waals surface area contributed by atoms with E-state index in [0.717, 1.165) is 5.56 Å². The van der Waals surface area contributed by atoms with Crippen LogP contribution in [0.15, 0.2) is 36.4 Å². The van der Waals surface area contributed by atoms with E-state index in [9.17, 15) is 4.79 Å². The zero-order chi connectivity index (χ0) is 13.8. The third kappa shape index (κ3) is 3.83. The molecule has 0 aliphatic carbocycles. The summed E-state index contributed by atoms with van der Waals surface area (Å²) in [6.07, 6.45) is 0. The maximum Gasteiger partial charge on any atom is 0.338 e. The molecule has 0 saturated carbocycles. The average molecular weight is 317 g/mol. The first-order chi connectivity index (χ1) is 9.06. The number of nitrogens with zero attached hydrogens (tertiary/aromatic N) is 1. The number of carbonyl (C=O) groups excluding carboxylic acids is 1. The van der Waals surface area contributed by atoms with Crippen LogP contribution in [0.5, 0.6) is 0 Å². The van der Waals surface area contributed by atoms with Gasteiger partial charge >= 0.3 is 5.97 Å². The van der Waals surface area contributed by atoms with Crippen LogP contribution in [-0.2, 0) is 11.3 Å². The molecule has 0 spiro atoms. The molecule has 0 atom stereocenters. The van der Waals surface area contributed by atoms with E-state index in [2.05, 4.69) is 4.98 Å². The predicted octanol–water partition coefficient (Wildman–Crippen LogP) is 4.40. The molecule has 0 fully saturated rings. The van der Waals surface area contributed by atoms with Gasteiger partial charge in [-0.25, -0.2) is 9.78 Å². The quantitative estimate of drug-likeness (QED) is 0.622. The zero-order valence-corrected chi connectivity index (χ0v) is 11.8. The van der Waals surface area contributed by atoms with Crippen molar-refractivity contribution in [3.8, 4) is 0 Å². The summed E-state index contributed by atoms with van der Waals surface area (Å²) < 4.78 is 5.14. The lowest BCUT2D eigenvalue weighted by atomic mass is 10.2. The summed E-state index contributed by atoms with van der Waals surface area (Å²) in [5, 5.41) is 0.815. The summed E-state index contributed by atoms with van der Waals surface area (Å²) in [6.45, 7) is 0.0794. The molecule has 19 heavy (non-hydrogen) atoms. The normalized spacial score (nSPS) is 10.3. The van der Waals surface area contributed by atoms with E-state index < -0.39 is 5.97 Å². The van der Waals surface area contributed by atoms with Crippen molar-refractivity contribution in [1.29, 1.82) is 0 Å². The van der Waals surface area contributed by atoms with Crippen molar-refractivity contribution in [3.05, 3.63) is 62.9 Å². The average Bonchev–Trinajstić information content (AvgIpc) is 2.36. The summed E-state index contributed by atoms with van der Waals surface area (Å²) in [6, 6.07) is 9.91. The SMILES string of the molecule is O=C(OCc1ccccc1Cl)c1cc(Cl)nc(Cl)c1. The highest BCUT2D eigenvalue weighted by Gasteiger charge is 2.11. The van der Waals surface area contributed by atoms with Gasteiger partial charge in [-0.3, -0.25) is 0 Å². The smallest absolute Gasteiger partial charge is 0.338 e. The topological polar surface area (TPSA) is 39.2 Å². The Bertz CT molecular complexity index is 596. The van der Waals surface area contributed by atoms with Crippen molar-refractivity contribution < 1.29 is 9.53 Å². The van der Waals surface area contributed by atoms with Crippen molar-refractivity contribution in [2.24, 2.45) is 0 Å². The maximum absolute atomic E-state index is 11.8. The van der Waals surface area contributed by atoms with Gasteiger partial charge in [0.25, 0.3) is 0 Å². The van der Waals surface area contributed by atoms with Gasteiger partial charge in [-0.2, -0.15) is 0 Å². The Hall–Kier alpha value is -1.29. The Morgan fingerprint density at radius 1 is 1.11 bits per heavy atom. The van der Waals surface area contributed by atoms with Gasteiger partial charge < -0.3 is 4.74 Å². The van der Waals surface area contributed by atoms with Gasteiger partial charge in [-0.1, -0.05) is 53.0 Å². The number of benzene rings is 1. The minimum absolute atomic E-state index is 0.0794. The van der Waals surface area contributed by atoms with Crippen LogP contribution in [0, 0.1) is 0 Å². The van der Waals surface area contributed by atoms with Crippen LogP contribution in [0.25, 0.3) is 0 Å². The number of halogens is 3. The van der Waals surface area contributed by atoms with E-state index in [1.165, 1.54) is 12.1 Å². The third-order valence-electron chi connectivity index (χ3n) is 2.32. The fourth-order valence-electron chi connectivity index (χ4n) is 1.42. The summed E-state index contributed by atoms with van der Waals surface area (Å²) >= 11 is 17.4. The van der Waals surface area contributed by atoms with Crippen molar-refractivity contribution in [1.82, 2.24) is 4.98 Å². The van der Waals surface area contributed by atoms with Crippen molar-refractivity contribution in [3.63, 3.8) is 0 Å². The number of hydrogen-bond donors (Lipinski definition) is 0. The number of rotatable bonds is 3. The monoisotopic (exact) mass is 315 g/mol. The standard InChI is InChI=1S/C13H8Cl3NO2/c14-10-4-2-1-3-8(10)7-19-13(18)9-5-11(15)17-12(16)6-9/h1-6H,7H2. The Labute approximate surface area is 125 Å². The molecule has 0 amide bonds. The molecule has 1 aromatic carbocycles. The Morgan fingerprint density at radius 2 is 1.74 bits per heavy atom. The van der Waals surface area contributed by atoms with Crippen LogP contribution in [0.4, 0.5) is 0 Å². The highest BCUT2D eigenvalue weighted by molar-refractivity contribution is 6.33. The molecule has 2 rings (SSSR count). The molecule has 0 aliphatic rings. The molecule has 1 aromatic heterocycles. The highest BCUT2D eigenvalue weighted by atomic mass is 35.5. The number of hydrogen-bond acceptors (Lipinski definition) is 3. The van der Waals surface area contributed by atoms with E-state index >= 15 is 0 Å². The fraction of sp³-hybridized carbons (Fsp3) is 0.0769. The van der Waals surface area contributed by atoms with E-state index in [4.69, 9.17) is 39.5 Å². The van der Waals surface area contributed by atoms with Crippen molar-refractivity contribution >= 4 is 40.8 Å². The molecule has 0 saturated heterocycles. The highest BCUT2D eigenvalue weighted by Crippen LogP contribution is 2.18. The third-order valence-corrected chi connectivity index (χ3v) is 3.07. The zero-order valence-electron chi connectivity index (χ0n) is 9.57. The molecule has 6 heteroatoms. The first-order valence-electron chi connectivity index (χ1n) is 5.30. The van der Waals surface area contributed by atoms with Gasteiger partial charge in [0.05, 0.1) is 5.56 Å². The second-order valence-electron chi connectivity index (χ2n) is 3.67. The lowest BCUT2D eigenvalue weighted by Crippen LogP contribution is -2.06. The van der Waals surface area contributed by atoms with Crippen molar-refractivity contribution in [2.75, 3.05) is 0 Å². The molecule has 3 nitrogen and oxygen atoms in total. The molecule has 0 radical (unpaired) electrons. The van der Waals surface area contributed by atoms with Gasteiger partial charge in [0.15, 0.2) is 0 Å². The summed E-state index contributed by atoms with van der Waals surface area (Å²) in [4.78, 5) is 15.6. The van der Waals surface area contributed by atoms with Crippen LogP contribution in [0.1, 0.15) is 15.9 Å². The Kier molecular flexibility index (Phi) is 4.64. The van der Waals surface area contributed by atoms with Gasteiger partial charge in [0.1, 0.15) is 16.9 Å². The van der Waals surface area contributed by atoms with E-state index in [1.807, 2.05) is 6.07 Å². The van der Waals surface area contributed by atoms with Gasteiger partial charge in [0.2, 0.25) is 0 Å². The van der Waals surface area contributed by atoms with Gasteiger partial charge in [0, 0.05) is 10.6 Å². The number of esters is 1. The summed E-state index contributed by atoms with van der Waals surface area (Å²) in [7, 11) is 0. The van der Waals surface area contributed by atoms with E-state index in [-0.39, 0.29) is 22.5 Å². The van der Waals surface area contributed by atoms with Crippen LogP contribution < -0.4 is 0 Å². The number of pyridine rings is 1. The molecule has 0 bridgehead atoms. The minimum Gasteiger partial charge on any atom is -0.457 e. The van der Waals surface area contributed by atoms with Crippen LogP contribution in [0.3, 0.4) is 0 Å². The second-order valence-corrected chi connectivity index (χ2v) is 4.85. The van der Waals surface area contributed by atoms with E-state index in [1.54, 1.807) is 18.2 Å².